The summed E-state index contributed by atoms with van der Waals surface area (Å²) in [5, 5.41) is 9.41. The molecule has 2 nitrogen and oxygen atoms in total. The number of hydrogen-bond acceptors (Lipinski definition) is 2. The van der Waals surface area contributed by atoms with Crippen molar-refractivity contribution in [1.82, 2.24) is 0 Å². The summed E-state index contributed by atoms with van der Waals surface area (Å²) in [7, 11) is 0. The van der Waals surface area contributed by atoms with E-state index in [1.807, 2.05) is 36.4 Å². The fourth-order valence-corrected chi connectivity index (χ4v) is 1.85. The van der Waals surface area contributed by atoms with E-state index in [4.69, 9.17) is 21.6 Å². The van der Waals surface area contributed by atoms with Crippen LogP contribution in [0.2, 0.25) is 5.02 Å². The summed E-state index contributed by atoms with van der Waals surface area (Å²) < 4.78 is 5.67. The second-order valence-electron chi connectivity index (χ2n) is 3.85. The van der Waals surface area contributed by atoms with E-state index in [0.717, 1.165) is 16.9 Å². The predicted molar refractivity (Wildman–Crippen MR) is 71.5 cm³/mol. The first kappa shape index (κ1) is 12.5. The molecular formula is C15H12ClNO. The van der Waals surface area contributed by atoms with Gasteiger partial charge in [0.25, 0.3) is 0 Å². The van der Waals surface area contributed by atoms with Crippen molar-refractivity contribution >= 4 is 11.6 Å². The molecule has 0 aliphatic heterocycles. The third-order valence-electron chi connectivity index (χ3n) is 2.58. The molecule has 0 fully saturated rings. The van der Waals surface area contributed by atoms with Crippen LogP contribution in [0, 0.1) is 11.3 Å². The average molecular weight is 258 g/mol. The monoisotopic (exact) mass is 257 g/mol. The Morgan fingerprint density at radius 1 is 1.06 bits per heavy atom. The summed E-state index contributed by atoms with van der Waals surface area (Å²) in [5.74, 6) is 0.731. The van der Waals surface area contributed by atoms with E-state index in [2.05, 4.69) is 6.07 Å². The van der Waals surface area contributed by atoms with Crippen LogP contribution in [0.4, 0.5) is 0 Å². The summed E-state index contributed by atoms with van der Waals surface area (Å²) in [4.78, 5) is 0. The van der Waals surface area contributed by atoms with Crippen LogP contribution in [-0.4, -0.2) is 0 Å². The Hall–Kier alpha value is -1.98. The first-order chi connectivity index (χ1) is 8.79. The molecule has 0 N–H and O–H groups in total. The van der Waals surface area contributed by atoms with E-state index in [0.29, 0.717) is 18.1 Å². The minimum Gasteiger partial charge on any atom is -0.489 e. The maximum Gasteiger partial charge on any atom is 0.121 e. The molecule has 2 rings (SSSR count). The van der Waals surface area contributed by atoms with Gasteiger partial charge in [-0.3, -0.25) is 0 Å². The van der Waals surface area contributed by atoms with E-state index < -0.39 is 0 Å². The van der Waals surface area contributed by atoms with Crippen LogP contribution >= 0.6 is 11.6 Å². The lowest BCUT2D eigenvalue weighted by Crippen LogP contribution is -1.99. The van der Waals surface area contributed by atoms with E-state index in [1.165, 1.54) is 0 Å². The predicted octanol–water partition coefficient (Wildman–Crippen LogP) is 3.99. The maximum absolute atomic E-state index is 8.76. The second kappa shape index (κ2) is 6.09. The molecule has 0 heterocycles. The molecular weight excluding hydrogens is 246 g/mol. The van der Waals surface area contributed by atoms with Crippen molar-refractivity contribution in [2.24, 2.45) is 0 Å². The number of rotatable bonds is 4. The molecule has 0 aromatic heterocycles. The van der Waals surface area contributed by atoms with Crippen molar-refractivity contribution in [3.05, 3.63) is 64.7 Å². The van der Waals surface area contributed by atoms with Crippen molar-refractivity contribution in [1.29, 1.82) is 5.26 Å². The lowest BCUT2D eigenvalue weighted by Gasteiger charge is -2.09. The highest BCUT2D eigenvalue weighted by Crippen LogP contribution is 2.19. The highest BCUT2D eigenvalue weighted by atomic mass is 35.5. The van der Waals surface area contributed by atoms with Gasteiger partial charge < -0.3 is 4.74 Å². The van der Waals surface area contributed by atoms with Gasteiger partial charge in [0.05, 0.1) is 12.5 Å². The van der Waals surface area contributed by atoms with Crippen LogP contribution in [0.5, 0.6) is 5.75 Å². The van der Waals surface area contributed by atoms with Crippen LogP contribution in [0.1, 0.15) is 11.1 Å². The first-order valence-electron chi connectivity index (χ1n) is 5.61. The molecule has 3 heteroatoms. The van der Waals surface area contributed by atoms with Gasteiger partial charge in [-0.05, 0) is 29.3 Å². The molecule has 0 saturated carbocycles. The lowest BCUT2D eigenvalue weighted by molar-refractivity contribution is 0.305. The molecule has 0 unspecified atom stereocenters. The molecule has 90 valence electrons. The third kappa shape index (κ3) is 3.26. The van der Waals surface area contributed by atoms with Gasteiger partial charge in [0.15, 0.2) is 0 Å². The van der Waals surface area contributed by atoms with E-state index >= 15 is 0 Å². The summed E-state index contributed by atoms with van der Waals surface area (Å²) in [6.07, 6.45) is 0.398. The van der Waals surface area contributed by atoms with Gasteiger partial charge >= 0.3 is 0 Å². The molecule has 0 saturated heterocycles. The number of ether oxygens (including phenoxy) is 1. The van der Waals surface area contributed by atoms with Gasteiger partial charge in [0.2, 0.25) is 0 Å². The molecule has 0 spiro atoms. The molecule has 0 atom stereocenters. The minimum atomic E-state index is 0.398. The molecule has 0 aliphatic rings. The van der Waals surface area contributed by atoms with E-state index in [-0.39, 0.29) is 0 Å². The van der Waals surface area contributed by atoms with Crippen LogP contribution in [0.15, 0.2) is 48.5 Å². The fourth-order valence-electron chi connectivity index (χ4n) is 1.67. The molecule has 0 bridgehead atoms. The third-order valence-corrected chi connectivity index (χ3v) is 2.81. The van der Waals surface area contributed by atoms with Crippen LogP contribution < -0.4 is 4.74 Å². The maximum atomic E-state index is 8.76. The zero-order valence-corrected chi connectivity index (χ0v) is 10.5. The number of benzene rings is 2. The molecule has 2 aromatic carbocycles. The number of nitrogens with zero attached hydrogens (tertiary/aromatic N) is 1. The van der Waals surface area contributed by atoms with E-state index in [1.54, 1.807) is 12.1 Å². The highest BCUT2D eigenvalue weighted by Gasteiger charge is 2.02. The standard InChI is InChI=1S/C15H12ClNO/c16-14-6-3-7-15(10-14)18-11-13-5-2-1-4-12(13)8-9-17/h1-7,10H,8,11H2. The van der Waals surface area contributed by atoms with Crippen molar-refractivity contribution in [3.63, 3.8) is 0 Å². The molecule has 0 amide bonds. The van der Waals surface area contributed by atoms with Gasteiger partial charge in [0.1, 0.15) is 12.4 Å². The van der Waals surface area contributed by atoms with Crippen molar-refractivity contribution < 1.29 is 4.74 Å². The van der Waals surface area contributed by atoms with Gasteiger partial charge in [-0.1, -0.05) is 41.9 Å². The highest BCUT2D eigenvalue weighted by molar-refractivity contribution is 6.30. The van der Waals surface area contributed by atoms with Gasteiger partial charge in [-0.25, -0.2) is 0 Å². The Labute approximate surface area is 111 Å². The Morgan fingerprint density at radius 2 is 1.83 bits per heavy atom. The lowest BCUT2D eigenvalue weighted by atomic mass is 10.1. The van der Waals surface area contributed by atoms with Crippen LogP contribution in [0.3, 0.4) is 0 Å². The SMILES string of the molecule is N#CCc1ccccc1COc1cccc(Cl)c1. The number of halogens is 1. The number of nitriles is 1. The zero-order valence-electron chi connectivity index (χ0n) is 9.77. The summed E-state index contributed by atoms with van der Waals surface area (Å²) in [5.41, 5.74) is 2.03. The van der Waals surface area contributed by atoms with Crippen LogP contribution in [0.25, 0.3) is 0 Å². The summed E-state index contributed by atoms with van der Waals surface area (Å²) in [6, 6.07) is 17.2. The van der Waals surface area contributed by atoms with Crippen LogP contribution in [-0.2, 0) is 13.0 Å². The fraction of sp³-hybridized carbons (Fsp3) is 0.133. The van der Waals surface area contributed by atoms with Gasteiger partial charge in [-0.2, -0.15) is 5.26 Å². The zero-order chi connectivity index (χ0) is 12.8. The van der Waals surface area contributed by atoms with Crippen molar-refractivity contribution in [2.75, 3.05) is 0 Å². The second-order valence-corrected chi connectivity index (χ2v) is 4.29. The largest absolute Gasteiger partial charge is 0.489 e. The normalized spacial score (nSPS) is 9.78. The molecule has 0 radical (unpaired) electrons. The Balaban J connectivity index is 2.09. The Kier molecular flexibility index (Phi) is 4.22. The van der Waals surface area contributed by atoms with Gasteiger partial charge in [-0.15, -0.1) is 0 Å². The summed E-state index contributed by atoms with van der Waals surface area (Å²) >= 11 is 5.88. The minimum absolute atomic E-state index is 0.398. The van der Waals surface area contributed by atoms with Crippen molar-refractivity contribution in [2.45, 2.75) is 13.0 Å². The molecule has 0 aliphatic carbocycles. The van der Waals surface area contributed by atoms with Crippen molar-refractivity contribution in [3.8, 4) is 11.8 Å². The Morgan fingerprint density at radius 3 is 2.56 bits per heavy atom. The van der Waals surface area contributed by atoms with Gasteiger partial charge in [0, 0.05) is 5.02 Å². The molecule has 18 heavy (non-hydrogen) atoms. The average Bonchev–Trinajstić information content (AvgIpc) is 2.38. The number of hydrogen-bond donors (Lipinski definition) is 0. The first-order valence-corrected chi connectivity index (χ1v) is 5.99. The topological polar surface area (TPSA) is 33.0 Å². The Bertz CT molecular complexity index is 575. The smallest absolute Gasteiger partial charge is 0.121 e. The molecule has 2 aromatic rings. The summed E-state index contributed by atoms with van der Waals surface area (Å²) in [6.45, 7) is 0.443. The quantitative estimate of drug-likeness (QED) is 0.830. The van der Waals surface area contributed by atoms with E-state index in [9.17, 15) is 0 Å².